The monoisotopic (exact) mass is 390 g/mol. The van der Waals surface area contributed by atoms with Crippen LogP contribution >= 0.6 is 0 Å². The highest BCUT2D eigenvalue weighted by molar-refractivity contribution is 5.97. The van der Waals surface area contributed by atoms with Gasteiger partial charge in [-0.2, -0.15) is 13.2 Å². The van der Waals surface area contributed by atoms with Gasteiger partial charge in [0.1, 0.15) is 5.69 Å². The Balaban J connectivity index is 1.73. The van der Waals surface area contributed by atoms with Crippen molar-refractivity contribution >= 4 is 28.5 Å². The molecule has 0 unspecified atom stereocenters. The summed E-state index contributed by atoms with van der Waals surface area (Å²) in [6.07, 6.45) is -4.59. The van der Waals surface area contributed by atoms with E-state index < -0.39 is 29.1 Å². The lowest BCUT2D eigenvalue weighted by atomic mass is 10.1. The van der Waals surface area contributed by atoms with E-state index in [0.717, 1.165) is 18.2 Å². The van der Waals surface area contributed by atoms with Crippen molar-refractivity contribution in [1.29, 1.82) is 0 Å². The lowest BCUT2D eigenvalue weighted by Gasteiger charge is -2.10. The maximum absolute atomic E-state index is 12.8. The number of nitrogens with one attached hydrogen (secondary N) is 4. The van der Waals surface area contributed by atoms with Crippen molar-refractivity contribution in [3.05, 3.63) is 76.1 Å². The maximum Gasteiger partial charge on any atom is 0.416 e. The number of pyridine rings is 1. The molecule has 0 bridgehead atoms. The number of hydrazine groups is 1. The summed E-state index contributed by atoms with van der Waals surface area (Å²) in [6, 6.07) is 11.1. The fourth-order valence-corrected chi connectivity index (χ4v) is 2.41. The molecule has 10 heteroatoms. The Kier molecular flexibility index (Phi) is 5.03. The normalized spacial score (nSPS) is 11.1. The number of H-pyrrole nitrogens is 1. The number of fused-ring (bicyclic) bond motifs is 1. The Morgan fingerprint density at radius 1 is 0.929 bits per heavy atom. The molecule has 0 saturated heterocycles. The van der Waals surface area contributed by atoms with Crippen LogP contribution in [0.4, 0.5) is 23.7 Å². The third-order valence-electron chi connectivity index (χ3n) is 3.72. The van der Waals surface area contributed by atoms with E-state index >= 15 is 0 Å². The summed E-state index contributed by atoms with van der Waals surface area (Å²) in [5.74, 6) is -0.845. The molecular weight excluding hydrogens is 377 g/mol. The molecule has 4 N–H and O–H groups in total. The third-order valence-corrected chi connectivity index (χ3v) is 3.72. The highest BCUT2D eigenvalue weighted by Gasteiger charge is 2.30. The van der Waals surface area contributed by atoms with Crippen LogP contribution in [0.1, 0.15) is 16.1 Å². The molecule has 144 valence electrons. The molecule has 1 aromatic heterocycles. The number of aromatic amines is 1. The minimum absolute atomic E-state index is 0.0550. The topological polar surface area (TPSA) is 103 Å². The van der Waals surface area contributed by atoms with E-state index in [9.17, 15) is 27.6 Å². The summed E-state index contributed by atoms with van der Waals surface area (Å²) >= 11 is 0. The summed E-state index contributed by atoms with van der Waals surface area (Å²) in [5.41, 5.74) is 2.79. The Labute approximate surface area is 155 Å². The van der Waals surface area contributed by atoms with E-state index in [1.165, 1.54) is 0 Å². The molecular formula is C18H13F3N4O3. The minimum atomic E-state index is -4.59. The highest BCUT2D eigenvalue weighted by atomic mass is 19.4. The number of carbonyl (C=O) groups excluding carboxylic acids is 2. The van der Waals surface area contributed by atoms with Gasteiger partial charge in [-0.05, 0) is 30.3 Å². The van der Waals surface area contributed by atoms with E-state index in [1.54, 1.807) is 30.3 Å². The van der Waals surface area contributed by atoms with Crippen LogP contribution in [0.5, 0.6) is 0 Å². The molecule has 3 aromatic rings. The number of amides is 3. The number of urea groups is 1. The number of aromatic nitrogens is 1. The lowest BCUT2D eigenvalue weighted by Crippen LogP contribution is -2.44. The van der Waals surface area contributed by atoms with Crippen molar-refractivity contribution in [2.45, 2.75) is 6.18 Å². The number of halogens is 3. The van der Waals surface area contributed by atoms with Gasteiger partial charge in [-0.3, -0.25) is 15.0 Å². The van der Waals surface area contributed by atoms with E-state index in [2.05, 4.69) is 21.2 Å². The van der Waals surface area contributed by atoms with Crippen LogP contribution in [0.25, 0.3) is 10.9 Å². The maximum atomic E-state index is 12.8. The highest BCUT2D eigenvalue weighted by Crippen LogP contribution is 2.30. The van der Waals surface area contributed by atoms with Gasteiger partial charge in [0, 0.05) is 22.7 Å². The van der Waals surface area contributed by atoms with Crippen molar-refractivity contribution in [3.63, 3.8) is 0 Å². The van der Waals surface area contributed by atoms with Crippen LogP contribution in [0, 0.1) is 0 Å². The van der Waals surface area contributed by atoms with Crippen molar-refractivity contribution < 1.29 is 22.8 Å². The van der Waals surface area contributed by atoms with Crippen LogP contribution < -0.4 is 21.6 Å². The molecule has 0 atom stereocenters. The van der Waals surface area contributed by atoms with Crippen molar-refractivity contribution in [1.82, 2.24) is 15.8 Å². The minimum Gasteiger partial charge on any atom is -0.350 e. The number of benzene rings is 2. The van der Waals surface area contributed by atoms with Crippen LogP contribution in [-0.2, 0) is 6.18 Å². The smallest absolute Gasteiger partial charge is 0.350 e. The second-order valence-electron chi connectivity index (χ2n) is 5.70. The number of rotatable bonds is 2. The second-order valence-corrected chi connectivity index (χ2v) is 5.70. The number of hydrogen-bond acceptors (Lipinski definition) is 3. The molecule has 2 aromatic carbocycles. The largest absolute Gasteiger partial charge is 0.416 e. The van der Waals surface area contributed by atoms with Crippen LogP contribution in [0.15, 0.2) is 59.4 Å². The zero-order valence-electron chi connectivity index (χ0n) is 14.1. The molecule has 3 rings (SSSR count). The second kappa shape index (κ2) is 7.43. The van der Waals surface area contributed by atoms with Gasteiger partial charge in [0.15, 0.2) is 5.43 Å². The molecule has 0 aliphatic carbocycles. The SMILES string of the molecule is O=C(NNC(=O)c1cc(=O)c2cc(C(F)(F)F)ccc2[nH]1)Nc1ccccc1. The standard InChI is InChI=1S/C18H13F3N4O3/c19-18(20,21)10-6-7-13-12(8-10)15(26)9-14(23-13)16(27)24-25-17(28)22-11-4-2-1-3-5-11/h1-9H,(H,23,26)(H,24,27)(H2,22,25,28). The number of carbonyl (C=O) groups is 2. The fraction of sp³-hybridized carbons (Fsp3) is 0.0556. The van der Waals surface area contributed by atoms with Crippen LogP contribution in [-0.4, -0.2) is 16.9 Å². The average molecular weight is 390 g/mol. The van der Waals surface area contributed by atoms with Gasteiger partial charge in [-0.15, -0.1) is 0 Å². The van der Waals surface area contributed by atoms with E-state index in [-0.39, 0.29) is 16.6 Å². The first-order valence-electron chi connectivity index (χ1n) is 7.91. The van der Waals surface area contributed by atoms with Crippen LogP contribution in [0.3, 0.4) is 0 Å². The first-order valence-corrected chi connectivity index (χ1v) is 7.91. The number of para-hydroxylation sites is 1. The number of anilines is 1. The summed E-state index contributed by atoms with van der Waals surface area (Å²) in [7, 11) is 0. The fourth-order valence-electron chi connectivity index (χ4n) is 2.41. The average Bonchev–Trinajstić information content (AvgIpc) is 2.65. The van der Waals surface area contributed by atoms with Gasteiger partial charge in [0.05, 0.1) is 5.56 Å². The summed E-state index contributed by atoms with van der Waals surface area (Å²) < 4.78 is 38.3. The zero-order valence-corrected chi connectivity index (χ0v) is 14.1. The predicted molar refractivity (Wildman–Crippen MR) is 95.6 cm³/mol. The van der Waals surface area contributed by atoms with E-state index in [0.29, 0.717) is 11.8 Å². The third kappa shape index (κ3) is 4.29. The molecule has 28 heavy (non-hydrogen) atoms. The molecule has 1 heterocycles. The molecule has 0 spiro atoms. The molecule has 7 nitrogen and oxygen atoms in total. The van der Waals surface area contributed by atoms with Crippen molar-refractivity contribution in [2.24, 2.45) is 0 Å². The molecule has 0 saturated carbocycles. The van der Waals surface area contributed by atoms with Gasteiger partial charge < -0.3 is 10.3 Å². The number of alkyl halides is 3. The van der Waals surface area contributed by atoms with Gasteiger partial charge in [-0.25, -0.2) is 10.2 Å². The summed E-state index contributed by atoms with van der Waals surface area (Å²) in [6.45, 7) is 0. The Bertz CT molecular complexity index is 1090. The van der Waals surface area contributed by atoms with Gasteiger partial charge in [0.25, 0.3) is 5.91 Å². The molecule has 0 radical (unpaired) electrons. The van der Waals surface area contributed by atoms with Crippen molar-refractivity contribution in [3.8, 4) is 0 Å². The molecule has 0 aliphatic heterocycles. The molecule has 0 fully saturated rings. The Morgan fingerprint density at radius 2 is 1.64 bits per heavy atom. The van der Waals surface area contributed by atoms with Gasteiger partial charge >= 0.3 is 12.2 Å². The summed E-state index contributed by atoms with van der Waals surface area (Å²) in [4.78, 5) is 38.5. The molecule has 3 amide bonds. The van der Waals surface area contributed by atoms with E-state index in [4.69, 9.17) is 0 Å². The Hall–Kier alpha value is -3.82. The quantitative estimate of drug-likeness (QED) is 0.506. The summed E-state index contributed by atoms with van der Waals surface area (Å²) in [5, 5.41) is 2.26. The Morgan fingerprint density at radius 3 is 2.32 bits per heavy atom. The van der Waals surface area contributed by atoms with Gasteiger partial charge in [0.2, 0.25) is 0 Å². The first-order chi connectivity index (χ1) is 13.2. The van der Waals surface area contributed by atoms with Gasteiger partial charge in [-0.1, -0.05) is 18.2 Å². The zero-order chi connectivity index (χ0) is 20.3. The van der Waals surface area contributed by atoms with E-state index in [1.807, 2.05) is 0 Å². The molecule has 0 aliphatic rings. The first kappa shape index (κ1) is 19.0. The lowest BCUT2D eigenvalue weighted by molar-refractivity contribution is -0.137. The van der Waals surface area contributed by atoms with Crippen LogP contribution in [0.2, 0.25) is 0 Å². The predicted octanol–water partition coefficient (Wildman–Crippen LogP) is 3.01. The van der Waals surface area contributed by atoms with Crippen molar-refractivity contribution in [2.75, 3.05) is 5.32 Å². The number of hydrogen-bond donors (Lipinski definition) is 4.